The van der Waals surface area contributed by atoms with E-state index < -0.39 is 6.10 Å². The third kappa shape index (κ3) is 1.95. The molecule has 1 atom stereocenters. The number of nitrogens with zero attached hydrogens (tertiary/aromatic N) is 3. The van der Waals surface area contributed by atoms with Crippen LogP contribution < -0.4 is 0 Å². The van der Waals surface area contributed by atoms with Gasteiger partial charge in [-0.2, -0.15) is 0 Å². The zero-order valence-electron chi connectivity index (χ0n) is 10.2. The summed E-state index contributed by atoms with van der Waals surface area (Å²) in [6, 6.07) is 12.5. The quantitative estimate of drug-likeness (QED) is 0.348. The maximum absolute atomic E-state index is 12.0. The van der Waals surface area contributed by atoms with Crippen molar-refractivity contribution in [3.8, 4) is 0 Å². The molecule has 5 nitrogen and oxygen atoms in total. The van der Waals surface area contributed by atoms with Gasteiger partial charge in [-0.1, -0.05) is 41.5 Å². The standard InChI is InChI=1S/C14H8BrN3O2/c15-10-6-3-5-9-12(10)14(19)20-13(9)8-4-1-2-7-11(8)17-18-16/h1-7,13H. The third-order valence-electron chi connectivity index (χ3n) is 3.13. The molecule has 2 aromatic rings. The molecule has 0 N–H and O–H groups in total. The Morgan fingerprint density at radius 1 is 1.15 bits per heavy atom. The van der Waals surface area contributed by atoms with Gasteiger partial charge in [0.1, 0.15) is 0 Å². The maximum atomic E-state index is 12.0. The van der Waals surface area contributed by atoms with Crippen LogP contribution in [0.1, 0.15) is 27.6 Å². The van der Waals surface area contributed by atoms with Crippen LogP contribution in [-0.2, 0) is 4.74 Å². The minimum Gasteiger partial charge on any atom is -0.449 e. The predicted octanol–water partition coefficient (Wildman–Crippen LogP) is 4.65. The molecule has 0 spiro atoms. The lowest BCUT2D eigenvalue weighted by Crippen LogP contribution is -2.00. The molecule has 98 valence electrons. The van der Waals surface area contributed by atoms with Crippen LogP contribution in [0.4, 0.5) is 5.69 Å². The summed E-state index contributed by atoms with van der Waals surface area (Å²) in [7, 11) is 0. The number of fused-ring (bicyclic) bond motifs is 1. The number of hydrogen-bond acceptors (Lipinski definition) is 3. The van der Waals surface area contributed by atoms with Crippen molar-refractivity contribution >= 4 is 27.6 Å². The largest absolute Gasteiger partial charge is 0.449 e. The van der Waals surface area contributed by atoms with Gasteiger partial charge in [-0.05, 0) is 27.5 Å². The van der Waals surface area contributed by atoms with Gasteiger partial charge in [0.05, 0.1) is 5.56 Å². The lowest BCUT2D eigenvalue weighted by molar-refractivity contribution is 0.0456. The molecule has 0 aromatic heterocycles. The molecule has 0 radical (unpaired) electrons. The molecule has 0 amide bonds. The number of carbonyl (C=O) groups is 1. The Kier molecular flexibility index (Phi) is 3.18. The van der Waals surface area contributed by atoms with Crippen molar-refractivity contribution in [2.45, 2.75) is 6.10 Å². The highest BCUT2D eigenvalue weighted by Gasteiger charge is 2.34. The van der Waals surface area contributed by atoms with Crippen LogP contribution in [0.2, 0.25) is 0 Å². The van der Waals surface area contributed by atoms with Gasteiger partial charge < -0.3 is 4.74 Å². The van der Waals surface area contributed by atoms with Gasteiger partial charge in [0.25, 0.3) is 0 Å². The highest BCUT2D eigenvalue weighted by molar-refractivity contribution is 9.10. The Bertz CT molecular complexity index is 754. The summed E-state index contributed by atoms with van der Waals surface area (Å²) >= 11 is 3.35. The molecule has 0 fully saturated rings. The molecular formula is C14H8BrN3O2. The Labute approximate surface area is 122 Å². The number of cyclic esters (lactones) is 1. The first-order chi connectivity index (χ1) is 9.72. The summed E-state index contributed by atoms with van der Waals surface area (Å²) in [5.74, 6) is -0.381. The number of carbonyl (C=O) groups excluding carboxylic acids is 1. The lowest BCUT2D eigenvalue weighted by Gasteiger charge is -2.13. The number of esters is 1. The minimum atomic E-state index is -0.545. The Balaban J connectivity index is 2.18. The van der Waals surface area contributed by atoms with Crippen molar-refractivity contribution in [1.82, 2.24) is 0 Å². The predicted molar refractivity (Wildman–Crippen MR) is 76.6 cm³/mol. The molecule has 1 aliphatic rings. The Morgan fingerprint density at radius 2 is 1.90 bits per heavy atom. The van der Waals surface area contributed by atoms with Gasteiger partial charge in [0, 0.05) is 26.2 Å². The first-order valence-electron chi connectivity index (χ1n) is 5.86. The normalized spacial score (nSPS) is 16.2. The van der Waals surface area contributed by atoms with Crippen LogP contribution in [0.15, 0.2) is 52.1 Å². The van der Waals surface area contributed by atoms with E-state index in [1.807, 2.05) is 18.2 Å². The summed E-state index contributed by atoms with van der Waals surface area (Å²) in [6.07, 6.45) is -0.545. The average molecular weight is 330 g/mol. The Morgan fingerprint density at radius 3 is 2.70 bits per heavy atom. The molecule has 1 heterocycles. The van der Waals surface area contributed by atoms with Gasteiger partial charge in [-0.15, -0.1) is 0 Å². The monoisotopic (exact) mass is 329 g/mol. The molecule has 0 saturated carbocycles. The number of rotatable bonds is 2. The fraction of sp³-hybridized carbons (Fsp3) is 0.0714. The van der Waals surface area contributed by atoms with Crippen molar-refractivity contribution in [2.24, 2.45) is 5.11 Å². The van der Waals surface area contributed by atoms with Crippen molar-refractivity contribution in [2.75, 3.05) is 0 Å². The second-order valence-electron chi connectivity index (χ2n) is 4.24. The van der Waals surface area contributed by atoms with Crippen molar-refractivity contribution in [3.05, 3.63) is 74.1 Å². The van der Waals surface area contributed by atoms with Crippen molar-refractivity contribution in [3.63, 3.8) is 0 Å². The zero-order chi connectivity index (χ0) is 14.1. The van der Waals surface area contributed by atoms with E-state index in [2.05, 4.69) is 26.0 Å². The van der Waals surface area contributed by atoms with E-state index in [9.17, 15) is 4.79 Å². The molecule has 1 aliphatic heterocycles. The number of ether oxygens (including phenoxy) is 1. The molecule has 0 bridgehead atoms. The number of benzene rings is 2. The van der Waals surface area contributed by atoms with E-state index in [0.717, 1.165) is 5.56 Å². The van der Waals surface area contributed by atoms with E-state index in [4.69, 9.17) is 10.3 Å². The summed E-state index contributed by atoms with van der Waals surface area (Å²) in [5, 5.41) is 3.65. The SMILES string of the molecule is [N-]=[N+]=Nc1ccccc1C1OC(=O)c2c(Br)cccc21. The molecule has 3 rings (SSSR count). The summed E-state index contributed by atoms with van der Waals surface area (Å²) < 4.78 is 6.13. The maximum Gasteiger partial charge on any atom is 0.340 e. The Hall–Kier alpha value is -2.30. The van der Waals surface area contributed by atoms with Crippen LogP contribution >= 0.6 is 15.9 Å². The van der Waals surface area contributed by atoms with Gasteiger partial charge in [-0.25, -0.2) is 4.79 Å². The third-order valence-corrected chi connectivity index (χ3v) is 3.79. The highest BCUT2D eigenvalue weighted by Crippen LogP contribution is 2.41. The van der Waals surface area contributed by atoms with E-state index >= 15 is 0 Å². The molecule has 20 heavy (non-hydrogen) atoms. The van der Waals surface area contributed by atoms with E-state index in [1.54, 1.807) is 24.3 Å². The topological polar surface area (TPSA) is 75.1 Å². The molecule has 2 aromatic carbocycles. The van der Waals surface area contributed by atoms with Crippen LogP contribution in [-0.4, -0.2) is 5.97 Å². The summed E-state index contributed by atoms with van der Waals surface area (Å²) in [5.41, 5.74) is 11.0. The first-order valence-corrected chi connectivity index (χ1v) is 6.65. The van der Waals surface area contributed by atoms with Crippen molar-refractivity contribution in [1.29, 1.82) is 0 Å². The molecule has 0 saturated heterocycles. The lowest BCUT2D eigenvalue weighted by atomic mass is 9.98. The van der Waals surface area contributed by atoms with Crippen LogP contribution in [0, 0.1) is 0 Å². The molecule has 0 aliphatic carbocycles. The fourth-order valence-corrected chi connectivity index (χ4v) is 2.83. The zero-order valence-corrected chi connectivity index (χ0v) is 11.7. The fourth-order valence-electron chi connectivity index (χ4n) is 2.28. The highest BCUT2D eigenvalue weighted by atomic mass is 79.9. The van der Waals surface area contributed by atoms with Crippen molar-refractivity contribution < 1.29 is 9.53 Å². The number of azide groups is 1. The summed E-state index contributed by atoms with van der Waals surface area (Å²) in [4.78, 5) is 14.8. The number of hydrogen-bond donors (Lipinski definition) is 0. The number of halogens is 1. The van der Waals surface area contributed by atoms with Gasteiger partial charge in [0.2, 0.25) is 0 Å². The smallest absolute Gasteiger partial charge is 0.340 e. The van der Waals surface area contributed by atoms with Crippen LogP contribution in [0.3, 0.4) is 0 Å². The van der Waals surface area contributed by atoms with Gasteiger partial charge in [-0.3, -0.25) is 0 Å². The van der Waals surface area contributed by atoms with E-state index in [0.29, 0.717) is 21.3 Å². The molecule has 1 unspecified atom stereocenters. The molecule has 6 heteroatoms. The van der Waals surface area contributed by atoms with Crippen LogP contribution in [0.5, 0.6) is 0 Å². The second kappa shape index (κ2) is 5.00. The van der Waals surface area contributed by atoms with E-state index in [-0.39, 0.29) is 5.97 Å². The molecular weight excluding hydrogens is 322 g/mol. The second-order valence-corrected chi connectivity index (χ2v) is 5.09. The van der Waals surface area contributed by atoms with Crippen LogP contribution in [0.25, 0.3) is 10.4 Å². The minimum absolute atomic E-state index is 0.381. The van der Waals surface area contributed by atoms with Gasteiger partial charge in [0.15, 0.2) is 6.10 Å². The average Bonchev–Trinajstić information content (AvgIpc) is 2.78. The van der Waals surface area contributed by atoms with E-state index in [1.165, 1.54) is 0 Å². The first kappa shape index (κ1) is 12.7. The van der Waals surface area contributed by atoms with Gasteiger partial charge >= 0.3 is 5.97 Å². The summed E-state index contributed by atoms with van der Waals surface area (Å²) in [6.45, 7) is 0.